The summed E-state index contributed by atoms with van der Waals surface area (Å²) in [5.41, 5.74) is 0. The van der Waals surface area contributed by atoms with Gasteiger partial charge in [0.15, 0.2) is 0 Å². The molecule has 5 heteroatoms. The minimum Gasteiger partial charge on any atom is -0.338 e. The Labute approximate surface area is 95.2 Å². The molecule has 3 heterocycles. The lowest BCUT2D eigenvalue weighted by Gasteiger charge is -2.19. The summed E-state index contributed by atoms with van der Waals surface area (Å²) < 4.78 is 5.35. The number of hydrogen-bond acceptors (Lipinski definition) is 5. The molecule has 2 saturated heterocycles. The van der Waals surface area contributed by atoms with E-state index in [-0.39, 0.29) is 6.04 Å². The summed E-state index contributed by atoms with van der Waals surface area (Å²) >= 11 is 0. The Hall–Kier alpha value is -1.10. The Balaban J connectivity index is 1.71. The maximum Gasteiger partial charge on any atom is 0.266 e. The Bertz CT molecular complexity index is 340. The third kappa shape index (κ3) is 1.91. The summed E-state index contributed by atoms with van der Waals surface area (Å²) in [5, 5.41) is 7.50. The third-order valence-corrected chi connectivity index (χ3v) is 3.43. The normalized spacial score (nSPS) is 26.2. The SMILES string of the molecule is C1CC[C@@H](c2nc(N3CCCC3)no2)NC1. The van der Waals surface area contributed by atoms with Gasteiger partial charge in [-0.25, -0.2) is 0 Å². The van der Waals surface area contributed by atoms with E-state index >= 15 is 0 Å². The van der Waals surface area contributed by atoms with Gasteiger partial charge in [-0.1, -0.05) is 6.42 Å². The number of nitrogens with one attached hydrogen (secondary N) is 1. The smallest absolute Gasteiger partial charge is 0.266 e. The molecule has 2 aliphatic heterocycles. The standard InChI is InChI=1S/C11H18N4O/c1-2-6-12-9(5-1)10-13-11(14-16-10)15-7-3-4-8-15/h9,12H,1-8H2/t9-/m0/s1. The van der Waals surface area contributed by atoms with Gasteiger partial charge in [0.2, 0.25) is 5.89 Å². The van der Waals surface area contributed by atoms with Gasteiger partial charge in [0.25, 0.3) is 5.95 Å². The van der Waals surface area contributed by atoms with Crippen molar-refractivity contribution in [3.8, 4) is 0 Å². The van der Waals surface area contributed by atoms with Gasteiger partial charge in [0.1, 0.15) is 0 Å². The highest BCUT2D eigenvalue weighted by atomic mass is 16.5. The van der Waals surface area contributed by atoms with Crippen molar-refractivity contribution in [1.29, 1.82) is 0 Å². The van der Waals surface area contributed by atoms with Gasteiger partial charge in [-0.2, -0.15) is 4.98 Å². The van der Waals surface area contributed by atoms with Crippen LogP contribution in [0.1, 0.15) is 44.0 Å². The first-order valence-corrected chi connectivity index (χ1v) is 6.25. The van der Waals surface area contributed by atoms with Crippen LogP contribution < -0.4 is 10.2 Å². The van der Waals surface area contributed by atoms with E-state index in [0.717, 1.165) is 37.9 Å². The first-order chi connectivity index (χ1) is 7.93. The Morgan fingerprint density at radius 2 is 2.06 bits per heavy atom. The van der Waals surface area contributed by atoms with E-state index in [4.69, 9.17) is 4.52 Å². The Morgan fingerprint density at radius 1 is 1.19 bits per heavy atom. The lowest BCUT2D eigenvalue weighted by atomic mass is 10.1. The van der Waals surface area contributed by atoms with Gasteiger partial charge in [0.05, 0.1) is 6.04 Å². The lowest BCUT2D eigenvalue weighted by Crippen LogP contribution is -2.27. The van der Waals surface area contributed by atoms with Gasteiger partial charge < -0.3 is 14.7 Å². The van der Waals surface area contributed by atoms with Crippen LogP contribution in [0.15, 0.2) is 4.52 Å². The van der Waals surface area contributed by atoms with Gasteiger partial charge in [0, 0.05) is 13.1 Å². The molecule has 2 aliphatic rings. The van der Waals surface area contributed by atoms with Gasteiger partial charge in [-0.3, -0.25) is 0 Å². The second-order valence-corrected chi connectivity index (χ2v) is 4.63. The summed E-state index contributed by atoms with van der Waals surface area (Å²) in [7, 11) is 0. The fraction of sp³-hybridized carbons (Fsp3) is 0.818. The van der Waals surface area contributed by atoms with Crippen molar-refractivity contribution in [3.05, 3.63) is 5.89 Å². The molecule has 5 nitrogen and oxygen atoms in total. The highest BCUT2D eigenvalue weighted by Crippen LogP contribution is 2.24. The quantitative estimate of drug-likeness (QED) is 0.821. The van der Waals surface area contributed by atoms with E-state index in [0.29, 0.717) is 0 Å². The number of anilines is 1. The molecule has 1 aromatic rings. The second kappa shape index (κ2) is 4.41. The molecule has 1 N–H and O–H groups in total. The summed E-state index contributed by atoms with van der Waals surface area (Å²) in [6.45, 7) is 3.19. The minimum atomic E-state index is 0.276. The fourth-order valence-electron chi connectivity index (χ4n) is 2.48. The van der Waals surface area contributed by atoms with Crippen LogP contribution in [0.25, 0.3) is 0 Å². The molecule has 0 saturated carbocycles. The van der Waals surface area contributed by atoms with Crippen LogP contribution in [-0.4, -0.2) is 29.8 Å². The fourth-order valence-corrected chi connectivity index (χ4v) is 2.48. The molecular weight excluding hydrogens is 204 g/mol. The van der Waals surface area contributed by atoms with Crippen LogP contribution >= 0.6 is 0 Å². The van der Waals surface area contributed by atoms with Crippen LogP contribution in [-0.2, 0) is 0 Å². The van der Waals surface area contributed by atoms with Crippen molar-refractivity contribution in [2.24, 2.45) is 0 Å². The number of aromatic nitrogens is 2. The number of hydrogen-bond donors (Lipinski definition) is 1. The van der Waals surface area contributed by atoms with Crippen LogP contribution in [0.5, 0.6) is 0 Å². The molecule has 0 radical (unpaired) electrons. The maximum atomic E-state index is 5.35. The molecule has 88 valence electrons. The molecular formula is C11H18N4O. The molecule has 16 heavy (non-hydrogen) atoms. The highest BCUT2D eigenvalue weighted by molar-refractivity contribution is 5.29. The van der Waals surface area contributed by atoms with Crippen LogP contribution in [0.3, 0.4) is 0 Å². The molecule has 0 aliphatic carbocycles. The maximum absolute atomic E-state index is 5.35. The Morgan fingerprint density at radius 3 is 2.81 bits per heavy atom. The van der Waals surface area contributed by atoms with Crippen molar-refractivity contribution >= 4 is 5.95 Å². The predicted octanol–water partition coefficient (Wildman–Crippen LogP) is 1.48. The van der Waals surface area contributed by atoms with Crippen molar-refractivity contribution in [3.63, 3.8) is 0 Å². The highest BCUT2D eigenvalue weighted by Gasteiger charge is 2.23. The largest absolute Gasteiger partial charge is 0.338 e. The molecule has 0 unspecified atom stereocenters. The lowest BCUT2D eigenvalue weighted by molar-refractivity contribution is 0.297. The topological polar surface area (TPSA) is 54.2 Å². The number of nitrogens with zero attached hydrogens (tertiary/aromatic N) is 3. The van der Waals surface area contributed by atoms with E-state index in [1.807, 2.05) is 0 Å². The summed E-state index contributed by atoms with van der Waals surface area (Å²) in [5.74, 6) is 1.54. The van der Waals surface area contributed by atoms with E-state index in [2.05, 4.69) is 20.4 Å². The first-order valence-electron chi connectivity index (χ1n) is 6.25. The summed E-state index contributed by atoms with van der Waals surface area (Å²) in [4.78, 5) is 6.71. The number of rotatable bonds is 2. The van der Waals surface area contributed by atoms with E-state index < -0.39 is 0 Å². The molecule has 0 bridgehead atoms. The van der Waals surface area contributed by atoms with Crippen LogP contribution in [0.2, 0.25) is 0 Å². The van der Waals surface area contributed by atoms with E-state index in [9.17, 15) is 0 Å². The zero-order valence-electron chi connectivity index (χ0n) is 9.48. The summed E-state index contributed by atoms with van der Waals surface area (Å²) in [6, 6.07) is 0.276. The van der Waals surface area contributed by atoms with Crippen molar-refractivity contribution in [2.45, 2.75) is 38.1 Å². The number of piperidine rings is 1. The molecule has 1 aromatic heterocycles. The third-order valence-electron chi connectivity index (χ3n) is 3.43. The molecule has 1 atom stereocenters. The average molecular weight is 222 g/mol. The molecule has 3 rings (SSSR count). The first kappa shape index (κ1) is 10.1. The van der Waals surface area contributed by atoms with Crippen LogP contribution in [0, 0.1) is 0 Å². The van der Waals surface area contributed by atoms with E-state index in [1.165, 1.54) is 25.7 Å². The van der Waals surface area contributed by atoms with Crippen molar-refractivity contribution in [2.75, 3.05) is 24.5 Å². The van der Waals surface area contributed by atoms with Crippen LogP contribution in [0.4, 0.5) is 5.95 Å². The molecule has 2 fully saturated rings. The van der Waals surface area contributed by atoms with Gasteiger partial charge >= 0.3 is 0 Å². The molecule has 0 spiro atoms. The van der Waals surface area contributed by atoms with Crippen molar-refractivity contribution in [1.82, 2.24) is 15.5 Å². The second-order valence-electron chi connectivity index (χ2n) is 4.63. The molecule has 0 amide bonds. The Kier molecular flexibility index (Phi) is 2.78. The zero-order chi connectivity index (χ0) is 10.8. The summed E-state index contributed by atoms with van der Waals surface area (Å²) in [6.07, 6.45) is 6.10. The van der Waals surface area contributed by atoms with E-state index in [1.54, 1.807) is 0 Å². The zero-order valence-corrected chi connectivity index (χ0v) is 9.48. The average Bonchev–Trinajstić information content (AvgIpc) is 3.01. The molecule has 0 aromatic carbocycles. The van der Waals surface area contributed by atoms with Gasteiger partial charge in [-0.05, 0) is 37.4 Å². The monoisotopic (exact) mass is 222 g/mol. The predicted molar refractivity (Wildman–Crippen MR) is 60.3 cm³/mol. The van der Waals surface area contributed by atoms with Crippen molar-refractivity contribution < 1.29 is 4.52 Å². The minimum absolute atomic E-state index is 0.276. The van der Waals surface area contributed by atoms with Gasteiger partial charge in [-0.15, -0.1) is 0 Å².